The molecule has 1 aliphatic carbocycles. The normalized spacial score (nSPS) is 14.1. The molecule has 3 aromatic carbocycles. The summed E-state index contributed by atoms with van der Waals surface area (Å²) in [6.45, 7) is 4.95. The first-order valence-corrected chi connectivity index (χ1v) is 16.4. The zero-order valence-electron chi connectivity index (χ0n) is 25.8. The summed E-state index contributed by atoms with van der Waals surface area (Å²) >= 11 is 6.10. The largest absolute Gasteiger partial charge is 0.493 e. The van der Waals surface area contributed by atoms with Gasteiger partial charge < -0.3 is 19.7 Å². The number of ether oxygens (including phenoxy) is 2. The number of benzene rings is 3. The zero-order valence-corrected chi connectivity index (χ0v) is 27.4. The molecule has 9 nitrogen and oxygen atoms in total. The predicted octanol–water partition coefficient (Wildman–Crippen LogP) is 5.65. The molecule has 11 heteroatoms. The van der Waals surface area contributed by atoms with E-state index in [1.807, 2.05) is 19.9 Å². The van der Waals surface area contributed by atoms with E-state index in [2.05, 4.69) is 5.32 Å². The predicted molar refractivity (Wildman–Crippen MR) is 172 cm³/mol. The molecule has 0 heterocycles. The second-order valence-corrected chi connectivity index (χ2v) is 13.5. The molecule has 44 heavy (non-hydrogen) atoms. The lowest BCUT2D eigenvalue weighted by Crippen LogP contribution is -2.52. The molecule has 0 aromatic heterocycles. The van der Waals surface area contributed by atoms with E-state index < -0.39 is 28.5 Å². The standard InChI is InChI=1S/C33H40ClN3O6S/c1-22-16-23(2)18-28(17-22)37(44(40,41)29-14-15-30(42-4)31(19-29)43-5)21-32(38)36(20-25-10-12-26(34)13-11-25)24(3)33(39)35-27-8-6-7-9-27/h10-19,24,27H,6-9,20-21H2,1-5H3,(H,35,39)/t24-/m1/s1. The molecule has 0 bridgehead atoms. The van der Waals surface area contributed by atoms with Crippen molar-refractivity contribution in [1.82, 2.24) is 10.2 Å². The molecular weight excluding hydrogens is 602 g/mol. The Hall–Kier alpha value is -3.76. The molecular formula is C33H40ClN3O6S. The number of nitrogens with zero attached hydrogens (tertiary/aromatic N) is 2. The molecule has 0 aliphatic heterocycles. The van der Waals surface area contributed by atoms with Crippen LogP contribution in [0.1, 0.15) is 49.3 Å². The summed E-state index contributed by atoms with van der Waals surface area (Å²) in [6, 6.07) is 15.9. The van der Waals surface area contributed by atoms with Gasteiger partial charge in [0.1, 0.15) is 12.6 Å². The summed E-state index contributed by atoms with van der Waals surface area (Å²) in [6.07, 6.45) is 3.89. The Morgan fingerprint density at radius 1 is 0.932 bits per heavy atom. The number of carbonyl (C=O) groups is 2. The Bertz CT molecular complexity index is 1570. The molecule has 1 atom stereocenters. The van der Waals surface area contributed by atoms with Crippen LogP contribution in [0.2, 0.25) is 5.02 Å². The maximum absolute atomic E-state index is 14.3. The summed E-state index contributed by atoms with van der Waals surface area (Å²) in [5.74, 6) is -0.198. The second-order valence-electron chi connectivity index (χ2n) is 11.2. The Balaban J connectivity index is 1.74. The van der Waals surface area contributed by atoms with E-state index in [1.165, 1.54) is 37.3 Å². The SMILES string of the molecule is COc1ccc(S(=O)(=O)N(CC(=O)N(Cc2ccc(Cl)cc2)[C@H](C)C(=O)NC2CCCC2)c2cc(C)cc(C)c2)cc1OC. The van der Waals surface area contributed by atoms with Crippen LogP contribution in [0.25, 0.3) is 0 Å². The number of sulfonamides is 1. The van der Waals surface area contributed by atoms with Crippen LogP contribution in [-0.4, -0.2) is 58.0 Å². The van der Waals surface area contributed by atoms with Gasteiger partial charge in [-0.05, 0) is 86.7 Å². The lowest BCUT2D eigenvalue weighted by molar-refractivity contribution is -0.139. The lowest BCUT2D eigenvalue weighted by atomic mass is 10.1. The highest BCUT2D eigenvalue weighted by atomic mass is 35.5. The van der Waals surface area contributed by atoms with Crippen molar-refractivity contribution < 1.29 is 27.5 Å². The Morgan fingerprint density at radius 3 is 2.14 bits per heavy atom. The van der Waals surface area contributed by atoms with Gasteiger partial charge in [0.2, 0.25) is 11.8 Å². The number of aryl methyl sites for hydroxylation is 2. The van der Waals surface area contributed by atoms with Crippen molar-refractivity contribution in [2.24, 2.45) is 0 Å². The molecule has 4 rings (SSSR count). The third-order valence-corrected chi connectivity index (χ3v) is 9.87. The highest BCUT2D eigenvalue weighted by molar-refractivity contribution is 7.92. The van der Waals surface area contributed by atoms with Crippen LogP contribution in [-0.2, 0) is 26.2 Å². The maximum atomic E-state index is 14.3. The summed E-state index contributed by atoms with van der Waals surface area (Å²) in [5.41, 5.74) is 2.76. The highest BCUT2D eigenvalue weighted by Crippen LogP contribution is 2.33. The average Bonchev–Trinajstić information content (AvgIpc) is 3.51. The Labute approximate surface area is 265 Å². The molecule has 236 valence electrons. The molecule has 3 aromatic rings. The van der Waals surface area contributed by atoms with E-state index in [4.69, 9.17) is 21.1 Å². The minimum Gasteiger partial charge on any atom is -0.493 e. The van der Waals surface area contributed by atoms with Crippen LogP contribution >= 0.6 is 11.6 Å². The molecule has 0 unspecified atom stereocenters. The van der Waals surface area contributed by atoms with Gasteiger partial charge in [-0.3, -0.25) is 13.9 Å². The van der Waals surface area contributed by atoms with Gasteiger partial charge in [0.15, 0.2) is 11.5 Å². The summed E-state index contributed by atoms with van der Waals surface area (Å²) in [4.78, 5) is 29.0. The summed E-state index contributed by atoms with van der Waals surface area (Å²) in [7, 11) is -1.40. The van der Waals surface area contributed by atoms with Crippen molar-refractivity contribution in [2.75, 3.05) is 25.1 Å². The van der Waals surface area contributed by atoms with E-state index in [1.54, 1.807) is 43.3 Å². The smallest absolute Gasteiger partial charge is 0.264 e. The molecule has 1 saturated carbocycles. The second kappa shape index (κ2) is 14.3. The van der Waals surface area contributed by atoms with E-state index in [0.717, 1.165) is 46.7 Å². The number of rotatable bonds is 12. The molecule has 0 radical (unpaired) electrons. The molecule has 0 saturated heterocycles. The van der Waals surface area contributed by atoms with Gasteiger partial charge in [0.25, 0.3) is 10.0 Å². The maximum Gasteiger partial charge on any atom is 0.264 e. The van der Waals surface area contributed by atoms with E-state index in [0.29, 0.717) is 16.5 Å². The molecule has 2 amide bonds. The van der Waals surface area contributed by atoms with Gasteiger partial charge in [-0.2, -0.15) is 0 Å². The number of hydrogen-bond donors (Lipinski definition) is 1. The zero-order chi connectivity index (χ0) is 32.0. The van der Waals surface area contributed by atoms with E-state index >= 15 is 0 Å². The summed E-state index contributed by atoms with van der Waals surface area (Å²) < 4.78 is 40.3. The fourth-order valence-electron chi connectivity index (χ4n) is 5.49. The monoisotopic (exact) mass is 641 g/mol. The minimum absolute atomic E-state index is 0.0645. The van der Waals surface area contributed by atoms with Gasteiger partial charge in [-0.15, -0.1) is 0 Å². The van der Waals surface area contributed by atoms with Crippen LogP contribution < -0.4 is 19.1 Å². The summed E-state index contributed by atoms with van der Waals surface area (Å²) in [5, 5.41) is 3.62. The van der Waals surface area contributed by atoms with E-state index in [-0.39, 0.29) is 29.1 Å². The number of methoxy groups -OCH3 is 2. The van der Waals surface area contributed by atoms with Crippen molar-refractivity contribution in [3.8, 4) is 11.5 Å². The molecule has 1 N–H and O–H groups in total. The number of nitrogens with one attached hydrogen (secondary N) is 1. The third kappa shape index (κ3) is 7.84. The van der Waals surface area contributed by atoms with E-state index in [9.17, 15) is 18.0 Å². The molecule has 1 aliphatic rings. The van der Waals surface area contributed by atoms with Gasteiger partial charge in [0, 0.05) is 23.7 Å². The topological polar surface area (TPSA) is 105 Å². The van der Waals surface area contributed by atoms with Crippen LogP contribution in [0.3, 0.4) is 0 Å². The van der Waals surface area contributed by atoms with Crippen LogP contribution in [0.15, 0.2) is 65.6 Å². The number of halogens is 1. The van der Waals surface area contributed by atoms with Gasteiger partial charge in [0.05, 0.1) is 24.8 Å². The minimum atomic E-state index is -4.28. The highest BCUT2D eigenvalue weighted by Gasteiger charge is 2.34. The first kappa shape index (κ1) is 33.1. The Kier molecular flexibility index (Phi) is 10.8. The quantitative estimate of drug-likeness (QED) is 0.274. The first-order valence-electron chi connectivity index (χ1n) is 14.6. The number of hydrogen-bond acceptors (Lipinski definition) is 6. The first-order chi connectivity index (χ1) is 20.9. The lowest BCUT2D eigenvalue weighted by Gasteiger charge is -2.32. The van der Waals surface area contributed by atoms with Gasteiger partial charge in [-0.25, -0.2) is 8.42 Å². The third-order valence-electron chi connectivity index (χ3n) is 7.85. The number of anilines is 1. The fraction of sp³-hybridized carbons (Fsp3) is 0.394. The van der Waals surface area contributed by atoms with Crippen molar-refractivity contribution in [3.63, 3.8) is 0 Å². The van der Waals surface area contributed by atoms with Crippen molar-refractivity contribution in [2.45, 2.75) is 70.0 Å². The number of amides is 2. The number of carbonyl (C=O) groups excluding carboxylic acids is 2. The average molecular weight is 642 g/mol. The molecule has 0 spiro atoms. The Morgan fingerprint density at radius 2 is 1.55 bits per heavy atom. The van der Waals surface area contributed by atoms with Crippen LogP contribution in [0, 0.1) is 13.8 Å². The van der Waals surface area contributed by atoms with Gasteiger partial charge >= 0.3 is 0 Å². The van der Waals surface area contributed by atoms with Crippen molar-refractivity contribution in [3.05, 3.63) is 82.4 Å². The van der Waals surface area contributed by atoms with Crippen molar-refractivity contribution in [1.29, 1.82) is 0 Å². The van der Waals surface area contributed by atoms with Crippen LogP contribution in [0.5, 0.6) is 11.5 Å². The van der Waals surface area contributed by atoms with Crippen molar-refractivity contribution >= 4 is 39.1 Å². The fourth-order valence-corrected chi connectivity index (χ4v) is 7.03. The molecule has 1 fully saturated rings. The van der Waals surface area contributed by atoms with Gasteiger partial charge in [-0.1, -0.05) is 42.6 Å². The van der Waals surface area contributed by atoms with Crippen LogP contribution in [0.4, 0.5) is 5.69 Å².